The molecule has 0 aliphatic carbocycles. The monoisotopic (exact) mass is 235 g/mol. The predicted molar refractivity (Wildman–Crippen MR) is 69.3 cm³/mol. The number of benzene rings is 1. The van der Waals surface area contributed by atoms with E-state index in [1.165, 1.54) is 12.5 Å². The van der Waals surface area contributed by atoms with Crippen LogP contribution >= 0.6 is 0 Å². The van der Waals surface area contributed by atoms with Gasteiger partial charge in [-0.3, -0.25) is 4.79 Å². The number of amides is 1. The normalized spacial score (nSPS) is 11.1. The highest BCUT2D eigenvalue weighted by Gasteiger charge is 2.20. The van der Waals surface area contributed by atoms with Crippen molar-refractivity contribution in [2.75, 3.05) is 13.2 Å². The van der Waals surface area contributed by atoms with E-state index in [2.05, 4.69) is 19.2 Å². The highest BCUT2D eigenvalue weighted by atomic mass is 16.5. The van der Waals surface area contributed by atoms with Gasteiger partial charge in [0.2, 0.25) is 5.91 Å². The van der Waals surface area contributed by atoms with E-state index in [0.717, 1.165) is 5.75 Å². The van der Waals surface area contributed by atoms with Gasteiger partial charge in [-0.05, 0) is 24.6 Å². The van der Waals surface area contributed by atoms with Crippen molar-refractivity contribution in [1.29, 1.82) is 0 Å². The summed E-state index contributed by atoms with van der Waals surface area (Å²) in [6, 6.07) is 8.03. The molecule has 1 rings (SSSR count). The summed E-state index contributed by atoms with van der Waals surface area (Å²) in [5, 5.41) is 2.85. The van der Waals surface area contributed by atoms with Crippen molar-refractivity contribution in [3.8, 4) is 5.75 Å². The van der Waals surface area contributed by atoms with Crippen LogP contribution in [0.15, 0.2) is 24.3 Å². The van der Waals surface area contributed by atoms with Gasteiger partial charge in [-0.15, -0.1) is 0 Å². The van der Waals surface area contributed by atoms with Gasteiger partial charge in [-0.1, -0.05) is 26.0 Å². The molecule has 17 heavy (non-hydrogen) atoms. The second kappa shape index (κ2) is 5.71. The first-order valence-electron chi connectivity index (χ1n) is 5.93. The Morgan fingerprint density at radius 2 is 1.88 bits per heavy atom. The molecule has 0 atom stereocenters. The minimum Gasteiger partial charge on any atom is -0.494 e. The van der Waals surface area contributed by atoms with E-state index in [-0.39, 0.29) is 11.3 Å². The SMILES string of the molecule is CCOc1ccc(C(C)(C)CNC(C)=O)cc1. The van der Waals surface area contributed by atoms with Crippen molar-refractivity contribution >= 4 is 5.91 Å². The highest BCUT2D eigenvalue weighted by molar-refractivity contribution is 5.72. The van der Waals surface area contributed by atoms with E-state index in [4.69, 9.17) is 4.74 Å². The molecule has 0 bridgehead atoms. The Morgan fingerprint density at radius 1 is 1.29 bits per heavy atom. The molecule has 1 N–H and O–H groups in total. The van der Waals surface area contributed by atoms with Crippen LogP contribution in [0.1, 0.15) is 33.3 Å². The maximum absolute atomic E-state index is 10.9. The summed E-state index contributed by atoms with van der Waals surface area (Å²) in [7, 11) is 0. The molecular weight excluding hydrogens is 214 g/mol. The van der Waals surface area contributed by atoms with Gasteiger partial charge in [0.1, 0.15) is 5.75 Å². The maximum Gasteiger partial charge on any atom is 0.216 e. The first kappa shape index (κ1) is 13.6. The summed E-state index contributed by atoms with van der Waals surface area (Å²) in [5.74, 6) is 0.885. The third kappa shape index (κ3) is 4.10. The number of hydrogen-bond donors (Lipinski definition) is 1. The van der Waals surface area contributed by atoms with Gasteiger partial charge in [-0.25, -0.2) is 0 Å². The Bertz CT molecular complexity index is 368. The second-order valence-electron chi connectivity index (χ2n) is 4.75. The molecule has 1 aromatic carbocycles. The van der Waals surface area contributed by atoms with Crippen LogP contribution in [0.3, 0.4) is 0 Å². The number of carbonyl (C=O) groups is 1. The Balaban J connectivity index is 2.73. The summed E-state index contributed by atoms with van der Waals surface area (Å²) < 4.78 is 5.40. The molecule has 0 saturated heterocycles. The minimum absolute atomic E-state index is 0.00371. The van der Waals surface area contributed by atoms with Crippen LogP contribution in [-0.4, -0.2) is 19.1 Å². The van der Waals surface area contributed by atoms with Crippen molar-refractivity contribution in [3.63, 3.8) is 0 Å². The lowest BCUT2D eigenvalue weighted by molar-refractivity contribution is -0.119. The van der Waals surface area contributed by atoms with Gasteiger partial charge < -0.3 is 10.1 Å². The molecule has 0 saturated carbocycles. The third-order valence-electron chi connectivity index (χ3n) is 2.73. The zero-order valence-electron chi connectivity index (χ0n) is 11.0. The molecule has 0 unspecified atom stereocenters. The topological polar surface area (TPSA) is 38.3 Å². The number of rotatable bonds is 5. The van der Waals surface area contributed by atoms with Gasteiger partial charge in [0.25, 0.3) is 0 Å². The van der Waals surface area contributed by atoms with Crippen LogP contribution in [0.25, 0.3) is 0 Å². The number of hydrogen-bond acceptors (Lipinski definition) is 2. The summed E-state index contributed by atoms with van der Waals surface area (Å²) in [6.07, 6.45) is 0. The molecule has 0 aliphatic heterocycles. The summed E-state index contributed by atoms with van der Waals surface area (Å²) in [6.45, 7) is 9.03. The molecular formula is C14H21NO2. The van der Waals surface area contributed by atoms with Crippen molar-refractivity contribution in [2.24, 2.45) is 0 Å². The Morgan fingerprint density at radius 3 is 2.35 bits per heavy atom. The molecule has 3 nitrogen and oxygen atoms in total. The molecule has 0 radical (unpaired) electrons. The second-order valence-corrected chi connectivity index (χ2v) is 4.75. The van der Waals surface area contributed by atoms with Crippen LogP contribution in [0, 0.1) is 0 Å². The smallest absolute Gasteiger partial charge is 0.216 e. The average Bonchev–Trinajstić information content (AvgIpc) is 2.28. The van der Waals surface area contributed by atoms with Crippen LogP contribution < -0.4 is 10.1 Å². The molecule has 0 aliphatic rings. The first-order valence-corrected chi connectivity index (χ1v) is 5.93. The first-order chi connectivity index (χ1) is 7.95. The Hall–Kier alpha value is -1.51. The summed E-state index contributed by atoms with van der Waals surface area (Å²) in [5.41, 5.74) is 1.12. The van der Waals surface area contributed by atoms with Gasteiger partial charge in [0, 0.05) is 18.9 Å². The number of carbonyl (C=O) groups excluding carboxylic acids is 1. The zero-order chi connectivity index (χ0) is 12.9. The van der Waals surface area contributed by atoms with Crippen molar-refractivity contribution in [1.82, 2.24) is 5.32 Å². The standard InChI is InChI=1S/C14H21NO2/c1-5-17-13-8-6-12(7-9-13)14(3,4)10-15-11(2)16/h6-9H,5,10H2,1-4H3,(H,15,16). The summed E-state index contributed by atoms with van der Waals surface area (Å²) >= 11 is 0. The van der Waals surface area contributed by atoms with Crippen molar-refractivity contribution in [3.05, 3.63) is 29.8 Å². The largest absolute Gasteiger partial charge is 0.494 e. The third-order valence-corrected chi connectivity index (χ3v) is 2.73. The molecule has 1 aromatic rings. The van der Waals surface area contributed by atoms with E-state index in [1.54, 1.807) is 0 Å². The lowest BCUT2D eigenvalue weighted by Crippen LogP contribution is -2.35. The van der Waals surface area contributed by atoms with Crippen LogP contribution in [-0.2, 0) is 10.2 Å². The Kier molecular flexibility index (Phi) is 4.55. The number of ether oxygens (including phenoxy) is 1. The average molecular weight is 235 g/mol. The minimum atomic E-state index is -0.0730. The quantitative estimate of drug-likeness (QED) is 0.851. The van der Waals surface area contributed by atoms with Crippen LogP contribution in [0.5, 0.6) is 5.75 Å². The fraction of sp³-hybridized carbons (Fsp3) is 0.500. The van der Waals surface area contributed by atoms with E-state index in [9.17, 15) is 4.79 Å². The molecule has 0 spiro atoms. The fourth-order valence-electron chi connectivity index (χ4n) is 1.62. The molecule has 0 aromatic heterocycles. The maximum atomic E-state index is 10.9. The fourth-order valence-corrected chi connectivity index (χ4v) is 1.62. The zero-order valence-corrected chi connectivity index (χ0v) is 11.0. The van der Waals surface area contributed by atoms with Gasteiger partial charge in [-0.2, -0.15) is 0 Å². The molecule has 94 valence electrons. The lowest BCUT2D eigenvalue weighted by atomic mass is 9.84. The van der Waals surface area contributed by atoms with Crippen LogP contribution in [0.2, 0.25) is 0 Å². The molecule has 1 amide bonds. The van der Waals surface area contributed by atoms with Gasteiger partial charge in [0.05, 0.1) is 6.61 Å². The van der Waals surface area contributed by atoms with Crippen molar-refractivity contribution in [2.45, 2.75) is 33.1 Å². The molecule has 0 heterocycles. The Labute approximate surface area is 103 Å². The molecule has 3 heteroatoms. The van der Waals surface area contributed by atoms with Gasteiger partial charge >= 0.3 is 0 Å². The van der Waals surface area contributed by atoms with Gasteiger partial charge in [0.15, 0.2) is 0 Å². The molecule has 0 fully saturated rings. The van der Waals surface area contributed by atoms with E-state index in [0.29, 0.717) is 13.2 Å². The van der Waals surface area contributed by atoms with E-state index in [1.807, 2.05) is 31.2 Å². The number of nitrogens with one attached hydrogen (secondary N) is 1. The predicted octanol–water partition coefficient (Wildman–Crippen LogP) is 2.50. The summed E-state index contributed by atoms with van der Waals surface area (Å²) in [4.78, 5) is 10.9. The van der Waals surface area contributed by atoms with E-state index < -0.39 is 0 Å². The van der Waals surface area contributed by atoms with Crippen LogP contribution in [0.4, 0.5) is 0 Å². The van der Waals surface area contributed by atoms with Crippen molar-refractivity contribution < 1.29 is 9.53 Å². The van der Waals surface area contributed by atoms with E-state index >= 15 is 0 Å². The lowest BCUT2D eigenvalue weighted by Gasteiger charge is -2.25. The highest BCUT2D eigenvalue weighted by Crippen LogP contribution is 2.24.